The van der Waals surface area contributed by atoms with Gasteiger partial charge in [-0.05, 0) is 41.6 Å². The van der Waals surface area contributed by atoms with E-state index < -0.39 is 0 Å². The van der Waals surface area contributed by atoms with Crippen LogP contribution < -0.4 is 0 Å². The van der Waals surface area contributed by atoms with Crippen molar-refractivity contribution in [2.45, 2.75) is 4.90 Å². The summed E-state index contributed by atoms with van der Waals surface area (Å²) in [4.78, 5) is 9.31. The highest BCUT2D eigenvalue weighted by Gasteiger charge is 2.05. The molecule has 0 unspecified atom stereocenters. The van der Waals surface area contributed by atoms with Gasteiger partial charge in [-0.1, -0.05) is 48.5 Å². The predicted molar refractivity (Wildman–Crippen MR) is 98.7 cm³/mol. The molecule has 3 heteroatoms. The van der Waals surface area contributed by atoms with Gasteiger partial charge in [0.2, 0.25) is 0 Å². The first-order valence-corrected chi connectivity index (χ1v) is 8.75. The third-order valence-electron chi connectivity index (χ3n) is 3.97. The van der Waals surface area contributed by atoms with Crippen molar-refractivity contribution in [3.63, 3.8) is 0 Å². The monoisotopic (exact) mass is 316 g/mol. The number of H-pyrrole nitrogens is 1. The van der Waals surface area contributed by atoms with Crippen molar-refractivity contribution < 1.29 is 0 Å². The first-order chi connectivity index (χ1) is 11.3. The fourth-order valence-corrected chi connectivity index (χ4v) is 3.10. The topological polar surface area (TPSA) is 28.7 Å². The van der Waals surface area contributed by atoms with Crippen LogP contribution in [-0.4, -0.2) is 16.2 Å². The van der Waals surface area contributed by atoms with Gasteiger partial charge in [-0.2, -0.15) is 0 Å². The summed E-state index contributed by atoms with van der Waals surface area (Å²) >= 11 is 1.76. The zero-order chi connectivity index (χ0) is 15.6. The van der Waals surface area contributed by atoms with Crippen molar-refractivity contribution in [1.29, 1.82) is 0 Å². The maximum atomic E-state index is 4.65. The lowest BCUT2D eigenvalue weighted by Gasteiger charge is -2.04. The Morgan fingerprint density at radius 1 is 0.739 bits per heavy atom. The van der Waals surface area contributed by atoms with Crippen LogP contribution >= 0.6 is 11.8 Å². The largest absolute Gasteiger partial charge is 0.338 e. The van der Waals surface area contributed by atoms with E-state index in [0.29, 0.717) is 0 Å². The van der Waals surface area contributed by atoms with Gasteiger partial charge in [0.1, 0.15) is 5.82 Å². The van der Waals surface area contributed by atoms with E-state index >= 15 is 0 Å². The van der Waals surface area contributed by atoms with Gasteiger partial charge in [-0.25, -0.2) is 4.98 Å². The molecule has 0 aliphatic heterocycles. The molecule has 0 amide bonds. The smallest absolute Gasteiger partial charge is 0.138 e. The third kappa shape index (κ3) is 2.76. The molecule has 4 rings (SSSR count). The van der Waals surface area contributed by atoms with E-state index in [4.69, 9.17) is 0 Å². The molecular formula is C20H16N2S. The molecule has 112 valence electrons. The van der Waals surface area contributed by atoms with Gasteiger partial charge in [0, 0.05) is 10.5 Å². The zero-order valence-electron chi connectivity index (χ0n) is 12.8. The van der Waals surface area contributed by atoms with Crippen LogP contribution in [0.15, 0.2) is 77.7 Å². The van der Waals surface area contributed by atoms with E-state index in [-0.39, 0.29) is 0 Å². The highest BCUT2D eigenvalue weighted by molar-refractivity contribution is 7.98. The van der Waals surface area contributed by atoms with Crippen molar-refractivity contribution >= 4 is 22.8 Å². The zero-order valence-corrected chi connectivity index (χ0v) is 13.6. The number of rotatable bonds is 3. The van der Waals surface area contributed by atoms with E-state index in [2.05, 4.69) is 64.8 Å². The first kappa shape index (κ1) is 14.1. The summed E-state index contributed by atoms with van der Waals surface area (Å²) in [6, 6.07) is 25.3. The average Bonchev–Trinajstić information content (AvgIpc) is 3.06. The molecule has 1 heterocycles. The molecule has 0 saturated heterocycles. The lowest BCUT2D eigenvalue weighted by atomic mass is 10.0. The minimum Gasteiger partial charge on any atom is -0.338 e. The Kier molecular flexibility index (Phi) is 3.64. The van der Waals surface area contributed by atoms with Crippen molar-refractivity contribution in [2.24, 2.45) is 0 Å². The van der Waals surface area contributed by atoms with Crippen molar-refractivity contribution in [3.05, 3.63) is 72.8 Å². The predicted octanol–water partition coefficient (Wildman–Crippen LogP) is 5.62. The average molecular weight is 316 g/mol. The minimum atomic E-state index is 0.912. The molecule has 0 aliphatic carbocycles. The highest BCUT2D eigenvalue weighted by Crippen LogP contribution is 2.26. The Balaban J connectivity index is 1.66. The molecule has 3 aromatic carbocycles. The van der Waals surface area contributed by atoms with E-state index in [9.17, 15) is 0 Å². The number of benzene rings is 3. The number of imidazole rings is 1. The highest BCUT2D eigenvalue weighted by atomic mass is 32.2. The van der Waals surface area contributed by atoms with Crippen LogP contribution in [0.4, 0.5) is 0 Å². The van der Waals surface area contributed by atoms with Gasteiger partial charge in [-0.15, -0.1) is 11.8 Å². The fraction of sp³-hybridized carbons (Fsp3) is 0.0500. The van der Waals surface area contributed by atoms with Crippen molar-refractivity contribution in [2.75, 3.05) is 6.26 Å². The molecular weight excluding hydrogens is 300 g/mol. The molecule has 4 aromatic rings. The van der Waals surface area contributed by atoms with Crippen LogP contribution in [0.25, 0.3) is 33.5 Å². The van der Waals surface area contributed by atoms with Gasteiger partial charge in [0.15, 0.2) is 0 Å². The molecule has 0 fully saturated rings. The van der Waals surface area contributed by atoms with Gasteiger partial charge in [-0.3, -0.25) is 0 Å². The van der Waals surface area contributed by atoms with Gasteiger partial charge >= 0.3 is 0 Å². The summed E-state index contributed by atoms with van der Waals surface area (Å²) in [7, 11) is 0. The maximum Gasteiger partial charge on any atom is 0.138 e. The molecule has 0 radical (unpaired) electrons. The van der Waals surface area contributed by atoms with Crippen molar-refractivity contribution in [3.8, 4) is 22.5 Å². The van der Waals surface area contributed by atoms with Gasteiger partial charge in [0.25, 0.3) is 0 Å². The summed E-state index contributed by atoms with van der Waals surface area (Å²) in [6.07, 6.45) is 2.09. The maximum absolute atomic E-state index is 4.65. The Morgan fingerprint density at radius 2 is 1.35 bits per heavy atom. The Morgan fingerprint density at radius 3 is 2.00 bits per heavy atom. The molecule has 0 saturated carbocycles. The standard InChI is InChI=1S/C20H16N2S/c1-23-17-12-10-15(11-13-17)14-6-8-16(9-7-14)20-21-18-4-2-3-5-19(18)22-20/h2-13H,1H3,(H,21,22). The molecule has 0 aliphatic rings. The summed E-state index contributed by atoms with van der Waals surface area (Å²) in [5.41, 5.74) is 5.63. The third-order valence-corrected chi connectivity index (χ3v) is 4.71. The quantitative estimate of drug-likeness (QED) is 0.497. The van der Waals surface area contributed by atoms with Gasteiger partial charge < -0.3 is 4.98 Å². The lowest BCUT2D eigenvalue weighted by molar-refractivity contribution is 1.34. The van der Waals surface area contributed by atoms with E-state index in [1.807, 2.05) is 24.3 Å². The summed E-state index contributed by atoms with van der Waals surface area (Å²) in [5, 5.41) is 0. The first-order valence-electron chi connectivity index (χ1n) is 7.53. The van der Waals surface area contributed by atoms with E-state index in [1.165, 1.54) is 16.0 Å². The van der Waals surface area contributed by atoms with E-state index in [1.54, 1.807) is 11.8 Å². The molecule has 1 N–H and O–H groups in total. The number of hydrogen-bond acceptors (Lipinski definition) is 2. The van der Waals surface area contributed by atoms with Crippen LogP contribution in [0.5, 0.6) is 0 Å². The molecule has 0 atom stereocenters. The second kappa shape index (κ2) is 5.94. The van der Waals surface area contributed by atoms with Crippen molar-refractivity contribution in [1.82, 2.24) is 9.97 Å². The number of aromatic amines is 1. The lowest BCUT2D eigenvalue weighted by Crippen LogP contribution is -1.82. The van der Waals surface area contributed by atoms with Crippen LogP contribution in [0.2, 0.25) is 0 Å². The SMILES string of the molecule is CSc1ccc(-c2ccc(-c3nc4ccccc4[nH]3)cc2)cc1. The number of thioether (sulfide) groups is 1. The molecule has 0 bridgehead atoms. The van der Waals surface area contributed by atoms with Gasteiger partial charge in [0.05, 0.1) is 11.0 Å². The molecule has 1 aromatic heterocycles. The number of para-hydroxylation sites is 2. The normalized spacial score (nSPS) is 11.0. The Labute approximate surface area is 139 Å². The second-order valence-electron chi connectivity index (χ2n) is 5.41. The number of hydrogen-bond donors (Lipinski definition) is 1. The number of aromatic nitrogens is 2. The molecule has 23 heavy (non-hydrogen) atoms. The fourth-order valence-electron chi connectivity index (χ4n) is 2.69. The van der Waals surface area contributed by atoms with E-state index in [0.717, 1.165) is 22.4 Å². The minimum absolute atomic E-state index is 0.912. The summed E-state index contributed by atoms with van der Waals surface area (Å²) in [5.74, 6) is 0.912. The Bertz CT molecular complexity index is 904. The van der Waals surface area contributed by atoms with Crippen LogP contribution in [0, 0.1) is 0 Å². The summed E-state index contributed by atoms with van der Waals surface area (Å²) < 4.78 is 0. The molecule has 2 nitrogen and oxygen atoms in total. The second-order valence-corrected chi connectivity index (χ2v) is 6.29. The number of nitrogens with zero attached hydrogens (tertiary/aromatic N) is 1. The summed E-state index contributed by atoms with van der Waals surface area (Å²) in [6.45, 7) is 0. The van der Waals surface area contributed by atoms with Crippen LogP contribution in [0.3, 0.4) is 0 Å². The Hall–Kier alpha value is -2.52. The van der Waals surface area contributed by atoms with Crippen LogP contribution in [0.1, 0.15) is 0 Å². The van der Waals surface area contributed by atoms with Crippen LogP contribution in [-0.2, 0) is 0 Å². The molecule has 0 spiro atoms. The number of nitrogens with one attached hydrogen (secondary N) is 1. The number of fused-ring (bicyclic) bond motifs is 1.